The van der Waals surface area contributed by atoms with E-state index in [0.29, 0.717) is 5.82 Å². The molecule has 1 aromatic carbocycles. The van der Waals surface area contributed by atoms with Crippen molar-refractivity contribution in [2.75, 3.05) is 6.54 Å². The molecule has 6 nitrogen and oxygen atoms in total. The van der Waals surface area contributed by atoms with Crippen LogP contribution in [0.5, 0.6) is 0 Å². The van der Waals surface area contributed by atoms with Crippen LogP contribution in [0.1, 0.15) is 16.2 Å². The Balaban J connectivity index is 2.06. The number of hydrogen-bond donors (Lipinski definition) is 1. The van der Waals surface area contributed by atoms with Crippen LogP contribution in [0, 0.1) is 19.3 Å². The van der Waals surface area contributed by atoms with E-state index in [1.165, 1.54) is 0 Å². The van der Waals surface area contributed by atoms with Gasteiger partial charge in [0.2, 0.25) is 5.82 Å². The van der Waals surface area contributed by atoms with E-state index in [0.717, 1.165) is 16.8 Å². The SMILES string of the molecule is C#CCNC(=O)c1nc(-c2ccoc2)n(-c2ccc(C)cc2)n1. The van der Waals surface area contributed by atoms with Gasteiger partial charge in [-0.15, -0.1) is 11.5 Å². The van der Waals surface area contributed by atoms with Crippen molar-refractivity contribution < 1.29 is 9.21 Å². The Kier molecular flexibility index (Phi) is 3.93. The average Bonchev–Trinajstić information content (AvgIpc) is 3.22. The van der Waals surface area contributed by atoms with Gasteiger partial charge in [-0.1, -0.05) is 23.6 Å². The van der Waals surface area contributed by atoms with Gasteiger partial charge >= 0.3 is 0 Å². The minimum absolute atomic E-state index is 0.0528. The zero-order chi connectivity index (χ0) is 16.2. The molecular weight excluding hydrogens is 292 g/mol. The zero-order valence-electron chi connectivity index (χ0n) is 12.5. The van der Waals surface area contributed by atoms with Crippen molar-refractivity contribution in [1.29, 1.82) is 0 Å². The fourth-order valence-corrected chi connectivity index (χ4v) is 2.06. The van der Waals surface area contributed by atoms with Crippen LogP contribution < -0.4 is 5.32 Å². The highest BCUT2D eigenvalue weighted by Gasteiger charge is 2.18. The van der Waals surface area contributed by atoms with Gasteiger partial charge in [0, 0.05) is 0 Å². The maximum absolute atomic E-state index is 12.1. The minimum atomic E-state index is -0.418. The highest BCUT2D eigenvalue weighted by Crippen LogP contribution is 2.21. The van der Waals surface area contributed by atoms with Gasteiger partial charge in [0.15, 0.2) is 5.82 Å². The van der Waals surface area contributed by atoms with Crippen molar-refractivity contribution in [2.45, 2.75) is 6.92 Å². The van der Waals surface area contributed by atoms with Gasteiger partial charge in [-0.2, -0.15) is 0 Å². The van der Waals surface area contributed by atoms with E-state index in [1.807, 2.05) is 31.2 Å². The van der Waals surface area contributed by atoms with Crippen molar-refractivity contribution in [3.8, 4) is 29.4 Å². The lowest BCUT2D eigenvalue weighted by molar-refractivity contribution is 0.0948. The van der Waals surface area contributed by atoms with Crippen molar-refractivity contribution in [1.82, 2.24) is 20.1 Å². The number of carbonyl (C=O) groups excluding carboxylic acids is 1. The van der Waals surface area contributed by atoms with Crippen molar-refractivity contribution in [3.63, 3.8) is 0 Å². The van der Waals surface area contributed by atoms with Crippen molar-refractivity contribution in [2.24, 2.45) is 0 Å². The summed E-state index contributed by atoms with van der Waals surface area (Å²) in [5.41, 5.74) is 2.66. The third kappa shape index (κ3) is 2.99. The van der Waals surface area contributed by atoms with E-state index in [2.05, 4.69) is 21.3 Å². The summed E-state index contributed by atoms with van der Waals surface area (Å²) in [6, 6.07) is 9.52. The number of terminal acetylenes is 1. The van der Waals surface area contributed by atoms with Crippen LogP contribution in [-0.4, -0.2) is 27.2 Å². The van der Waals surface area contributed by atoms with Crippen LogP contribution >= 0.6 is 0 Å². The zero-order valence-corrected chi connectivity index (χ0v) is 12.5. The fourth-order valence-electron chi connectivity index (χ4n) is 2.06. The molecule has 3 aromatic rings. The molecule has 0 fully saturated rings. The summed E-state index contributed by atoms with van der Waals surface area (Å²) in [6.45, 7) is 2.12. The maximum Gasteiger partial charge on any atom is 0.291 e. The van der Waals surface area contributed by atoms with E-state index in [4.69, 9.17) is 10.8 Å². The minimum Gasteiger partial charge on any atom is -0.472 e. The van der Waals surface area contributed by atoms with E-state index < -0.39 is 5.91 Å². The van der Waals surface area contributed by atoms with E-state index in [1.54, 1.807) is 23.3 Å². The topological polar surface area (TPSA) is 73.0 Å². The standard InChI is InChI=1S/C17H14N4O2/c1-3-9-18-17(22)15-19-16(13-8-10-23-11-13)21(20-15)14-6-4-12(2)5-7-14/h1,4-8,10-11H,9H2,2H3,(H,18,22). The quantitative estimate of drug-likeness (QED) is 0.750. The van der Waals surface area contributed by atoms with E-state index in [9.17, 15) is 4.79 Å². The smallest absolute Gasteiger partial charge is 0.291 e. The van der Waals surface area contributed by atoms with E-state index in [-0.39, 0.29) is 12.4 Å². The molecule has 0 atom stereocenters. The average molecular weight is 306 g/mol. The summed E-state index contributed by atoms with van der Waals surface area (Å²) in [5, 5.41) is 6.86. The third-order valence-electron chi connectivity index (χ3n) is 3.22. The van der Waals surface area contributed by atoms with Gasteiger partial charge in [-0.3, -0.25) is 4.79 Å². The Morgan fingerprint density at radius 2 is 2.13 bits per heavy atom. The van der Waals surface area contributed by atoms with E-state index >= 15 is 0 Å². The van der Waals surface area contributed by atoms with Gasteiger partial charge in [0.05, 0.1) is 24.1 Å². The number of aryl methyl sites for hydroxylation is 1. The molecule has 6 heteroatoms. The highest BCUT2D eigenvalue weighted by molar-refractivity contribution is 5.91. The molecule has 0 spiro atoms. The lowest BCUT2D eigenvalue weighted by Crippen LogP contribution is -2.24. The molecule has 0 unspecified atom stereocenters. The second-order valence-corrected chi connectivity index (χ2v) is 4.91. The number of aromatic nitrogens is 3. The predicted octanol–water partition coefficient (Wildman–Crippen LogP) is 2.20. The second kappa shape index (κ2) is 6.20. The van der Waals surface area contributed by atoms with Crippen molar-refractivity contribution >= 4 is 5.91 Å². The van der Waals surface area contributed by atoms with Crippen LogP contribution in [0.15, 0.2) is 47.3 Å². The normalized spacial score (nSPS) is 10.3. The van der Waals surface area contributed by atoms with Crippen LogP contribution in [0.25, 0.3) is 17.1 Å². The van der Waals surface area contributed by atoms with Crippen LogP contribution in [-0.2, 0) is 0 Å². The molecule has 2 aromatic heterocycles. The van der Waals surface area contributed by atoms with Crippen LogP contribution in [0.2, 0.25) is 0 Å². The predicted molar refractivity (Wildman–Crippen MR) is 85.0 cm³/mol. The lowest BCUT2D eigenvalue weighted by atomic mass is 10.2. The molecule has 0 aliphatic carbocycles. The van der Waals surface area contributed by atoms with Crippen LogP contribution in [0.4, 0.5) is 0 Å². The number of nitrogens with zero attached hydrogens (tertiary/aromatic N) is 3. The fraction of sp³-hybridized carbons (Fsp3) is 0.118. The first-order chi connectivity index (χ1) is 11.2. The summed E-state index contributed by atoms with van der Waals surface area (Å²) in [7, 11) is 0. The molecule has 114 valence electrons. The van der Waals surface area contributed by atoms with Gasteiger partial charge in [0.25, 0.3) is 5.91 Å². The summed E-state index contributed by atoms with van der Waals surface area (Å²) >= 11 is 0. The molecule has 3 rings (SSSR count). The van der Waals surface area contributed by atoms with Crippen molar-refractivity contribution in [3.05, 3.63) is 54.2 Å². The molecule has 1 amide bonds. The second-order valence-electron chi connectivity index (χ2n) is 4.91. The molecule has 0 radical (unpaired) electrons. The number of carbonyl (C=O) groups is 1. The summed E-state index contributed by atoms with van der Waals surface area (Å²) in [6.07, 6.45) is 8.25. The molecule has 23 heavy (non-hydrogen) atoms. The third-order valence-corrected chi connectivity index (χ3v) is 3.22. The molecule has 0 saturated heterocycles. The number of hydrogen-bond acceptors (Lipinski definition) is 4. The highest BCUT2D eigenvalue weighted by atomic mass is 16.3. The molecule has 2 heterocycles. The number of furan rings is 1. The summed E-state index contributed by atoms with van der Waals surface area (Å²) in [5.74, 6) is 2.50. The lowest BCUT2D eigenvalue weighted by Gasteiger charge is -2.04. The Morgan fingerprint density at radius 3 is 2.78 bits per heavy atom. The first kappa shape index (κ1) is 14.6. The molecule has 0 bridgehead atoms. The Bertz CT molecular complexity index is 855. The molecule has 1 N–H and O–H groups in total. The number of amides is 1. The van der Waals surface area contributed by atoms with Crippen LogP contribution in [0.3, 0.4) is 0 Å². The monoisotopic (exact) mass is 306 g/mol. The molecule has 0 aliphatic rings. The Morgan fingerprint density at radius 1 is 1.35 bits per heavy atom. The first-order valence-electron chi connectivity index (χ1n) is 6.97. The van der Waals surface area contributed by atoms with Gasteiger partial charge < -0.3 is 9.73 Å². The Hall–Kier alpha value is -3.33. The molecule has 0 aliphatic heterocycles. The number of nitrogens with one attached hydrogen (secondary N) is 1. The van der Waals surface area contributed by atoms with Gasteiger partial charge in [-0.25, -0.2) is 9.67 Å². The first-order valence-corrected chi connectivity index (χ1v) is 6.97. The number of benzene rings is 1. The molecular formula is C17H14N4O2. The van der Waals surface area contributed by atoms with Gasteiger partial charge in [0.1, 0.15) is 6.26 Å². The summed E-state index contributed by atoms with van der Waals surface area (Å²) in [4.78, 5) is 16.4. The van der Waals surface area contributed by atoms with Gasteiger partial charge in [-0.05, 0) is 25.1 Å². The summed E-state index contributed by atoms with van der Waals surface area (Å²) < 4.78 is 6.71. The largest absolute Gasteiger partial charge is 0.472 e. The maximum atomic E-state index is 12.1. The molecule has 0 saturated carbocycles. The Labute approximate surface area is 133 Å². The number of rotatable bonds is 4.